The molecule has 2 N–H and O–H groups in total. The van der Waals surface area contributed by atoms with Crippen LogP contribution < -0.4 is 15.2 Å². The highest BCUT2D eigenvalue weighted by molar-refractivity contribution is 5.77. The van der Waals surface area contributed by atoms with Crippen LogP contribution in [0, 0.1) is 6.20 Å². The average Bonchev–Trinajstić information content (AvgIpc) is 3.34. The van der Waals surface area contributed by atoms with Crippen molar-refractivity contribution >= 4 is 12.1 Å². The fourth-order valence-electron chi connectivity index (χ4n) is 3.85. The minimum atomic E-state index is -0.615. The minimum absolute atomic E-state index is 0.223. The van der Waals surface area contributed by atoms with E-state index in [4.69, 9.17) is 15.2 Å². The third-order valence-electron chi connectivity index (χ3n) is 5.20. The Balaban J connectivity index is 1.71. The normalized spacial score (nSPS) is 19.7. The second kappa shape index (κ2) is 5.74. The smallest absolute Gasteiger partial charge is 0.339 e. The summed E-state index contributed by atoms with van der Waals surface area (Å²) < 4.78 is 12.3. The lowest BCUT2D eigenvalue weighted by Gasteiger charge is -2.35. The first-order valence-electron chi connectivity index (χ1n) is 8.62. The Morgan fingerprint density at radius 2 is 1.93 bits per heavy atom. The lowest BCUT2D eigenvalue weighted by Crippen LogP contribution is -2.33. The number of aromatic nitrogens is 2. The molecule has 1 aliphatic heterocycles. The highest BCUT2D eigenvalue weighted by Gasteiger charge is 2.38. The average molecular weight is 358 g/mol. The second-order valence-electron chi connectivity index (χ2n) is 6.64. The van der Waals surface area contributed by atoms with Gasteiger partial charge in [-0.25, -0.2) is 4.79 Å². The molecule has 2 aliphatic rings. The molecule has 1 amide bonds. The molecule has 2 aromatic carbocycles. The monoisotopic (exact) mass is 358 g/mol. The van der Waals surface area contributed by atoms with Crippen LogP contribution in [0.5, 0.6) is 11.5 Å². The molecule has 1 aromatic heterocycles. The van der Waals surface area contributed by atoms with Gasteiger partial charge in [0.05, 0.1) is 5.69 Å². The molecule has 0 bridgehead atoms. The van der Waals surface area contributed by atoms with Gasteiger partial charge >= 0.3 is 6.03 Å². The highest BCUT2D eigenvalue weighted by atomic mass is 16.7. The number of benzene rings is 2. The van der Waals surface area contributed by atoms with Crippen molar-refractivity contribution < 1.29 is 14.3 Å². The Kier molecular flexibility index (Phi) is 3.33. The van der Waals surface area contributed by atoms with E-state index in [2.05, 4.69) is 29.5 Å². The third kappa shape index (κ3) is 2.33. The molecule has 0 saturated carbocycles. The second-order valence-corrected chi connectivity index (χ2v) is 6.64. The molecule has 5 rings (SSSR count). The van der Waals surface area contributed by atoms with Gasteiger partial charge in [-0.2, -0.15) is 9.78 Å². The Labute approximate surface area is 155 Å². The van der Waals surface area contributed by atoms with Gasteiger partial charge < -0.3 is 15.2 Å². The summed E-state index contributed by atoms with van der Waals surface area (Å²) in [5, 5.41) is 4.03. The van der Waals surface area contributed by atoms with E-state index in [9.17, 15) is 4.79 Å². The molecule has 6 heteroatoms. The number of rotatable bonds is 2. The van der Waals surface area contributed by atoms with Gasteiger partial charge in [0.25, 0.3) is 0 Å². The number of fused-ring (bicyclic) bond motifs is 2. The van der Waals surface area contributed by atoms with Gasteiger partial charge in [-0.3, -0.25) is 0 Å². The fraction of sp³-hybridized carbons (Fsp3) is 0.143. The summed E-state index contributed by atoms with van der Waals surface area (Å²) in [5.41, 5.74) is 8.67. The maximum atomic E-state index is 11.8. The molecule has 6 nitrogen and oxygen atoms in total. The van der Waals surface area contributed by atoms with Gasteiger partial charge in [-0.1, -0.05) is 48.6 Å². The van der Waals surface area contributed by atoms with E-state index in [1.165, 1.54) is 4.68 Å². The summed E-state index contributed by atoms with van der Waals surface area (Å²) in [6.45, 7) is 0.223. The quantitative estimate of drug-likeness (QED) is 0.764. The SMILES string of the molecule is NC(=O)n1n[c]c2c1CC(c1ccccc1)(c1ccc3c(c1)OCO3)C=C2. The fourth-order valence-corrected chi connectivity index (χ4v) is 3.85. The standard InChI is InChI=1S/C21H16N3O3/c22-20(25)24-17-11-21(9-8-14(17)12-23-24,15-4-2-1-3-5-15)16-6-7-18-19(10-16)27-13-26-18/h1-10H,11,13H2,(H2,22,25). The first-order valence-corrected chi connectivity index (χ1v) is 8.62. The van der Waals surface area contributed by atoms with Crippen molar-refractivity contribution in [3.8, 4) is 11.5 Å². The number of primary amides is 1. The van der Waals surface area contributed by atoms with Gasteiger partial charge in [-0.05, 0) is 23.3 Å². The number of carbonyl (C=O) groups is 1. The van der Waals surface area contributed by atoms with Crippen molar-refractivity contribution in [3.05, 3.63) is 83.2 Å². The van der Waals surface area contributed by atoms with Crippen LogP contribution in [-0.4, -0.2) is 22.6 Å². The third-order valence-corrected chi connectivity index (χ3v) is 5.20. The number of hydrogen-bond acceptors (Lipinski definition) is 4. The number of ether oxygens (including phenoxy) is 2. The van der Waals surface area contributed by atoms with E-state index in [1.807, 2.05) is 42.5 Å². The van der Waals surface area contributed by atoms with E-state index in [0.717, 1.165) is 33.9 Å². The van der Waals surface area contributed by atoms with Crippen molar-refractivity contribution in [3.63, 3.8) is 0 Å². The van der Waals surface area contributed by atoms with Crippen molar-refractivity contribution in [2.24, 2.45) is 5.73 Å². The molecule has 0 saturated heterocycles. The van der Waals surface area contributed by atoms with E-state index < -0.39 is 11.4 Å². The zero-order valence-corrected chi connectivity index (χ0v) is 14.4. The summed E-state index contributed by atoms with van der Waals surface area (Å²) in [6, 6.07) is 15.5. The predicted molar refractivity (Wildman–Crippen MR) is 98.6 cm³/mol. The van der Waals surface area contributed by atoms with E-state index >= 15 is 0 Å². The van der Waals surface area contributed by atoms with Gasteiger partial charge in [-0.15, -0.1) is 0 Å². The number of amides is 1. The van der Waals surface area contributed by atoms with Crippen LogP contribution in [0.15, 0.2) is 54.6 Å². The summed E-state index contributed by atoms with van der Waals surface area (Å²) in [7, 11) is 0. The molecular weight excluding hydrogens is 342 g/mol. The number of nitrogens with zero attached hydrogens (tertiary/aromatic N) is 2. The molecule has 0 fully saturated rings. The number of allylic oxidation sites excluding steroid dienone is 1. The van der Waals surface area contributed by atoms with E-state index in [0.29, 0.717) is 6.42 Å². The maximum Gasteiger partial charge on any atom is 0.339 e. The van der Waals surface area contributed by atoms with Gasteiger partial charge in [0.2, 0.25) is 6.79 Å². The van der Waals surface area contributed by atoms with Crippen LogP contribution in [-0.2, 0) is 11.8 Å². The largest absolute Gasteiger partial charge is 0.454 e. The van der Waals surface area contributed by atoms with Crippen molar-refractivity contribution in [1.29, 1.82) is 0 Å². The van der Waals surface area contributed by atoms with Crippen LogP contribution in [0.25, 0.3) is 6.08 Å². The van der Waals surface area contributed by atoms with Gasteiger partial charge in [0, 0.05) is 17.4 Å². The molecular formula is C21H16N3O3. The lowest BCUT2D eigenvalue weighted by atomic mass is 9.68. The molecule has 2 heterocycles. The van der Waals surface area contributed by atoms with E-state index in [1.54, 1.807) is 0 Å². The molecule has 0 spiro atoms. The number of carbonyl (C=O) groups excluding carboxylic acids is 1. The Bertz CT molecular complexity index is 1070. The minimum Gasteiger partial charge on any atom is -0.454 e. The Morgan fingerprint density at radius 1 is 1.11 bits per heavy atom. The molecule has 1 aliphatic carbocycles. The summed E-state index contributed by atoms with van der Waals surface area (Å²) >= 11 is 0. The highest BCUT2D eigenvalue weighted by Crippen LogP contribution is 2.44. The van der Waals surface area contributed by atoms with Crippen molar-refractivity contribution in [2.45, 2.75) is 11.8 Å². The topological polar surface area (TPSA) is 79.4 Å². The Morgan fingerprint density at radius 3 is 2.74 bits per heavy atom. The first-order chi connectivity index (χ1) is 13.2. The van der Waals surface area contributed by atoms with Gasteiger partial charge in [0.15, 0.2) is 11.5 Å². The summed E-state index contributed by atoms with van der Waals surface area (Å²) in [4.78, 5) is 11.8. The zero-order valence-electron chi connectivity index (χ0n) is 14.4. The molecule has 1 atom stereocenters. The number of nitrogens with two attached hydrogens (primary N) is 1. The van der Waals surface area contributed by atoms with Gasteiger partial charge in [0.1, 0.15) is 6.20 Å². The van der Waals surface area contributed by atoms with Crippen LogP contribution in [0.2, 0.25) is 0 Å². The molecule has 1 radical (unpaired) electrons. The Hall–Kier alpha value is -3.54. The number of hydrogen-bond donors (Lipinski definition) is 1. The molecule has 1 unspecified atom stereocenters. The van der Waals surface area contributed by atoms with Crippen molar-refractivity contribution in [2.75, 3.05) is 6.79 Å². The zero-order chi connectivity index (χ0) is 18.4. The lowest BCUT2D eigenvalue weighted by molar-refractivity contribution is 0.174. The summed E-state index contributed by atoms with van der Waals surface area (Å²) in [5.74, 6) is 1.45. The maximum absolute atomic E-state index is 11.8. The molecule has 27 heavy (non-hydrogen) atoms. The summed E-state index contributed by atoms with van der Waals surface area (Å²) in [6.07, 6.45) is 7.48. The predicted octanol–water partition coefficient (Wildman–Crippen LogP) is 2.89. The van der Waals surface area contributed by atoms with E-state index in [-0.39, 0.29) is 6.79 Å². The van der Waals surface area contributed by atoms with Crippen molar-refractivity contribution in [1.82, 2.24) is 9.78 Å². The first kappa shape index (κ1) is 15.7. The van der Waals surface area contributed by atoms with Crippen LogP contribution in [0.1, 0.15) is 22.4 Å². The van der Waals surface area contributed by atoms with Crippen LogP contribution in [0.3, 0.4) is 0 Å². The van der Waals surface area contributed by atoms with Crippen LogP contribution in [0.4, 0.5) is 4.79 Å². The van der Waals surface area contributed by atoms with Crippen LogP contribution >= 0.6 is 0 Å². The molecule has 3 aromatic rings. The molecule has 133 valence electrons.